The van der Waals surface area contributed by atoms with Crippen molar-refractivity contribution in [3.63, 3.8) is 0 Å². The quantitative estimate of drug-likeness (QED) is 0.338. The smallest absolute Gasteiger partial charge is 0.202 e. The fourth-order valence-corrected chi connectivity index (χ4v) is 6.17. The van der Waals surface area contributed by atoms with Crippen LogP contribution in [-0.4, -0.2) is 50.4 Å². The highest BCUT2D eigenvalue weighted by atomic mass is 16.5. The predicted octanol–water partition coefficient (Wildman–Crippen LogP) is 4.93. The molecule has 39 heavy (non-hydrogen) atoms. The van der Waals surface area contributed by atoms with Crippen LogP contribution in [-0.2, 0) is 18.3 Å². The van der Waals surface area contributed by atoms with Crippen molar-refractivity contribution in [3.05, 3.63) is 75.3 Å². The normalized spacial score (nSPS) is 20.9. The Labute approximate surface area is 228 Å². The molecule has 0 bridgehead atoms. The number of aryl methyl sites for hydroxylation is 2. The van der Waals surface area contributed by atoms with Crippen molar-refractivity contribution in [2.75, 3.05) is 19.7 Å². The molecule has 1 unspecified atom stereocenters. The summed E-state index contributed by atoms with van der Waals surface area (Å²) in [6.45, 7) is 7.43. The number of hydrogen-bond donors (Lipinski definition) is 0. The molecule has 2 saturated carbocycles. The summed E-state index contributed by atoms with van der Waals surface area (Å²) in [5.74, 6) is 2.12. The molecule has 3 fully saturated rings. The number of rotatable bonds is 7. The summed E-state index contributed by atoms with van der Waals surface area (Å²) in [7, 11) is 2.00. The molecule has 1 aliphatic heterocycles. The minimum atomic E-state index is -0.0235. The van der Waals surface area contributed by atoms with Gasteiger partial charge in [0.15, 0.2) is 0 Å². The Balaban J connectivity index is 1.31. The summed E-state index contributed by atoms with van der Waals surface area (Å²) in [6, 6.07) is 8.48. The Morgan fingerprint density at radius 2 is 1.97 bits per heavy atom. The van der Waals surface area contributed by atoms with Crippen molar-refractivity contribution in [3.8, 4) is 11.3 Å². The van der Waals surface area contributed by atoms with E-state index < -0.39 is 0 Å². The second kappa shape index (κ2) is 9.68. The Kier molecular flexibility index (Phi) is 6.12. The van der Waals surface area contributed by atoms with E-state index in [0.717, 1.165) is 61.7 Å². The highest BCUT2D eigenvalue weighted by Crippen LogP contribution is 2.48. The van der Waals surface area contributed by atoms with Gasteiger partial charge in [0.05, 0.1) is 29.4 Å². The van der Waals surface area contributed by atoms with E-state index in [1.54, 1.807) is 12.6 Å². The van der Waals surface area contributed by atoms with Crippen LogP contribution in [0.3, 0.4) is 0 Å². The van der Waals surface area contributed by atoms with Crippen LogP contribution < -0.4 is 5.43 Å². The van der Waals surface area contributed by atoms with Gasteiger partial charge in [-0.3, -0.25) is 14.7 Å². The number of hydrogen-bond acceptors (Lipinski definition) is 7. The van der Waals surface area contributed by atoms with E-state index in [-0.39, 0.29) is 17.5 Å². The molecule has 7 rings (SSSR count). The molecule has 2 atom stereocenters. The lowest BCUT2D eigenvalue weighted by Crippen LogP contribution is -2.40. The summed E-state index contributed by atoms with van der Waals surface area (Å²) in [4.78, 5) is 21.4. The van der Waals surface area contributed by atoms with Gasteiger partial charge in [-0.15, -0.1) is 10.2 Å². The topological polar surface area (TPSA) is 86.3 Å². The first kappa shape index (κ1) is 24.7. The van der Waals surface area contributed by atoms with E-state index in [2.05, 4.69) is 40.2 Å². The van der Waals surface area contributed by atoms with Crippen LogP contribution in [0.2, 0.25) is 0 Å². The largest absolute Gasteiger partial charge is 0.463 e. The first-order valence-corrected chi connectivity index (χ1v) is 14.2. The van der Waals surface area contributed by atoms with E-state index in [4.69, 9.17) is 14.1 Å². The third-order valence-electron chi connectivity index (χ3n) is 8.47. The van der Waals surface area contributed by atoms with Crippen LogP contribution in [0, 0.1) is 12.8 Å². The lowest BCUT2D eigenvalue weighted by molar-refractivity contribution is -0.0212. The first-order valence-electron chi connectivity index (χ1n) is 14.2. The molecule has 3 aliphatic rings. The number of fused-ring (bicyclic) bond motifs is 1. The van der Waals surface area contributed by atoms with Gasteiger partial charge in [-0.1, -0.05) is 6.07 Å². The van der Waals surface area contributed by atoms with E-state index in [0.29, 0.717) is 34.1 Å². The van der Waals surface area contributed by atoms with Crippen molar-refractivity contribution < 1.29 is 9.15 Å². The molecule has 0 spiro atoms. The van der Waals surface area contributed by atoms with Crippen LogP contribution in [0.15, 0.2) is 46.1 Å². The second-order valence-electron chi connectivity index (χ2n) is 11.8. The minimum Gasteiger partial charge on any atom is -0.463 e. The van der Waals surface area contributed by atoms with Gasteiger partial charge >= 0.3 is 0 Å². The number of aromatic nitrogens is 4. The van der Waals surface area contributed by atoms with Gasteiger partial charge in [0, 0.05) is 44.2 Å². The second-order valence-corrected chi connectivity index (χ2v) is 11.8. The van der Waals surface area contributed by atoms with Crippen molar-refractivity contribution in [1.82, 2.24) is 24.6 Å². The van der Waals surface area contributed by atoms with Crippen molar-refractivity contribution in [1.29, 1.82) is 0 Å². The SMILES string of the molecule is Cc1cc(CN2CCO[C@H](C)C2)cc2c(=O)c(-c3cc(C(c4nncn4C)C4CC4)cc(C4CC4)n3)coc12. The Hall–Kier alpha value is -3.36. The number of morpholine rings is 1. The Morgan fingerprint density at radius 1 is 1.13 bits per heavy atom. The molecular weight excluding hydrogens is 490 g/mol. The zero-order chi connectivity index (χ0) is 26.7. The van der Waals surface area contributed by atoms with Gasteiger partial charge in [-0.2, -0.15) is 0 Å². The molecular formula is C31H35N5O3. The monoisotopic (exact) mass is 525 g/mol. The summed E-state index contributed by atoms with van der Waals surface area (Å²) in [5.41, 5.74) is 6.19. The lowest BCUT2D eigenvalue weighted by atomic mass is 9.91. The standard InChI is InChI=1S/C31H35N5O3/c1-18-10-20(15-36-8-9-38-19(2)14-36)11-24-29(37)25(16-39-30(18)24)27-13-23(12-26(33-27)21-4-5-21)28(22-6-7-22)31-34-32-17-35(31)3/h10-13,16-17,19,21-22,28H,4-9,14-15H2,1-3H3/t19-,28?/m1/s1. The highest BCUT2D eigenvalue weighted by molar-refractivity contribution is 5.84. The maximum atomic E-state index is 14.0. The zero-order valence-electron chi connectivity index (χ0n) is 22.9. The zero-order valence-corrected chi connectivity index (χ0v) is 22.9. The van der Waals surface area contributed by atoms with E-state index in [1.165, 1.54) is 18.4 Å². The lowest BCUT2D eigenvalue weighted by Gasteiger charge is -2.31. The van der Waals surface area contributed by atoms with E-state index in [9.17, 15) is 4.79 Å². The predicted molar refractivity (Wildman–Crippen MR) is 149 cm³/mol. The van der Waals surface area contributed by atoms with Crippen LogP contribution in [0.5, 0.6) is 0 Å². The summed E-state index contributed by atoms with van der Waals surface area (Å²) >= 11 is 0. The van der Waals surface area contributed by atoms with Gasteiger partial charge in [-0.05, 0) is 80.3 Å². The molecule has 8 heteroatoms. The van der Waals surface area contributed by atoms with Crippen molar-refractivity contribution in [2.45, 2.75) is 64.0 Å². The molecule has 0 radical (unpaired) electrons. The molecule has 0 amide bonds. The number of benzene rings is 1. The van der Waals surface area contributed by atoms with Crippen LogP contribution >= 0.6 is 0 Å². The molecule has 1 aromatic carbocycles. The fourth-order valence-electron chi connectivity index (χ4n) is 6.17. The summed E-state index contributed by atoms with van der Waals surface area (Å²) in [6.07, 6.45) is 8.23. The summed E-state index contributed by atoms with van der Waals surface area (Å²) in [5, 5.41) is 9.26. The van der Waals surface area contributed by atoms with Crippen molar-refractivity contribution in [2.24, 2.45) is 13.0 Å². The van der Waals surface area contributed by atoms with E-state index >= 15 is 0 Å². The van der Waals surface area contributed by atoms with Crippen LogP contribution in [0.1, 0.15) is 72.7 Å². The van der Waals surface area contributed by atoms with Crippen LogP contribution in [0.4, 0.5) is 0 Å². The van der Waals surface area contributed by atoms with Gasteiger partial charge in [0.1, 0.15) is 24.0 Å². The average Bonchev–Trinajstić information content (AvgIpc) is 3.84. The maximum absolute atomic E-state index is 14.0. The highest BCUT2D eigenvalue weighted by Gasteiger charge is 2.37. The summed E-state index contributed by atoms with van der Waals surface area (Å²) < 4.78 is 13.9. The van der Waals surface area contributed by atoms with Gasteiger partial charge in [0.25, 0.3) is 0 Å². The third-order valence-corrected chi connectivity index (χ3v) is 8.47. The molecule has 202 valence electrons. The molecule has 0 N–H and O–H groups in total. The molecule has 2 aliphatic carbocycles. The number of ether oxygens (including phenoxy) is 1. The fraction of sp³-hybridized carbons (Fsp3) is 0.484. The Morgan fingerprint density at radius 3 is 2.69 bits per heavy atom. The number of pyridine rings is 1. The minimum absolute atomic E-state index is 0.0235. The average molecular weight is 526 g/mol. The first-order chi connectivity index (χ1) is 18.9. The third kappa shape index (κ3) is 4.80. The maximum Gasteiger partial charge on any atom is 0.202 e. The Bertz CT molecular complexity index is 1600. The molecule has 3 aromatic heterocycles. The molecule has 1 saturated heterocycles. The molecule has 4 aromatic rings. The molecule has 4 heterocycles. The van der Waals surface area contributed by atoms with E-state index in [1.807, 2.05) is 24.6 Å². The van der Waals surface area contributed by atoms with Crippen LogP contribution in [0.25, 0.3) is 22.2 Å². The van der Waals surface area contributed by atoms with Gasteiger partial charge in [0.2, 0.25) is 5.43 Å². The molecule has 8 nitrogen and oxygen atoms in total. The van der Waals surface area contributed by atoms with Gasteiger partial charge in [-0.25, -0.2) is 0 Å². The van der Waals surface area contributed by atoms with Crippen molar-refractivity contribution >= 4 is 11.0 Å². The van der Waals surface area contributed by atoms with Gasteiger partial charge < -0.3 is 13.7 Å². The number of nitrogens with zero attached hydrogens (tertiary/aromatic N) is 5.